The number of benzene rings is 1. The van der Waals surface area contributed by atoms with Crippen molar-refractivity contribution in [3.63, 3.8) is 0 Å². The number of nitrogens with zero attached hydrogens (tertiary/aromatic N) is 3. The molecule has 0 aliphatic carbocycles. The Kier molecular flexibility index (Phi) is 5.73. The van der Waals surface area contributed by atoms with Crippen molar-refractivity contribution in [2.45, 2.75) is 59.5 Å². The molecule has 0 saturated carbocycles. The Hall–Kier alpha value is -2.50. The van der Waals surface area contributed by atoms with E-state index < -0.39 is 6.61 Å². The molecule has 3 aromatic rings. The fourth-order valence-electron chi connectivity index (χ4n) is 3.65. The topological polar surface area (TPSA) is 39.4 Å². The molecule has 3 rings (SSSR count). The maximum Gasteiger partial charge on any atom is 0.387 e. The highest BCUT2D eigenvalue weighted by molar-refractivity contribution is 5.68. The van der Waals surface area contributed by atoms with Crippen LogP contribution in [0.15, 0.2) is 30.5 Å². The van der Waals surface area contributed by atoms with Crippen LogP contribution in [0.25, 0.3) is 16.9 Å². The molecule has 144 valence electrons. The lowest BCUT2D eigenvalue weighted by molar-refractivity contribution is -0.0498. The van der Waals surface area contributed by atoms with Crippen LogP contribution in [0.2, 0.25) is 0 Å². The molecule has 0 saturated heterocycles. The summed E-state index contributed by atoms with van der Waals surface area (Å²) in [7, 11) is 0. The zero-order valence-corrected chi connectivity index (χ0v) is 16.2. The maximum atomic E-state index is 12.5. The summed E-state index contributed by atoms with van der Waals surface area (Å²) in [5.74, 6) is 0.539. The van der Waals surface area contributed by atoms with Crippen LogP contribution in [0.3, 0.4) is 0 Å². The van der Waals surface area contributed by atoms with Gasteiger partial charge in [-0.1, -0.05) is 27.2 Å². The first-order valence-electron chi connectivity index (χ1n) is 9.38. The number of hydrogen-bond acceptors (Lipinski definition) is 3. The molecule has 0 fully saturated rings. The number of fused-ring (bicyclic) bond motifs is 1. The van der Waals surface area contributed by atoms with Gasteiger partial charge < -0.3 is 4.74 Å². The monoisotopic (exact) mass is 373 g/mol. The van der Waals surface area contributed by atoms with Gasteiger partial charge in [0.15, 0.2) is 5.65 Å². The van der Waals surface area contributed by atoms with Gasteiger partial charge in [-0.3, -0.25) is 0 Å². The summed E-state index contributed by atoms with van der Waals surface area (Å²) < 4.78 is 31.3. The van der Waals surface area contributed by atoms with Gasteiger partial charge in [0, 0.05) is 17.3 Å². The van der Waals surface area contributed by atoms with Gasteiger partial charge in [-0.2, -0.15) is 13.9 Å². The summed E-state index contributed by atoms with van der Waals surface area (Å²) in [6, 6.07) is 6.89. The highest BCUT2D eigenvalue weighted by Crippen LogP contribution is 2.32. The molecule has 4 nitrogen and oxygen atoms in total. The number of halogens is 2. The minimum absolute atomic E-state index is 0.156. The summed E-state index contributed by atoms with van der Waals surface area (Å²) in [5.41, 5.74) is 5.80. The lowest BCUT2D eigenvalue weighted by atomic mass is 9.95. The molecule has 0 spiro atoms. The molecule has 2 heterocycles. The van der Waals surface area contributed by atoms with E-state index in [1.165, 1.54) is 5.56 Å². The normalized spacial score (nSPS) is 12.7. The fourth-order valence-corrected chi connectivity index (χ4v) is 3.65. The van der Waals surface area contributed by atoms with Crippen molar-refractivity contribution in [1.29, 1.82) is 0 Å². The van der Waals surface area contributed by atoms with Crippen molar-refractivity contribution in [2.75, 3.05) is 0 Å². The van der Waals surface area contributed by atoms with Crippen LogP contribution >= 0.6 is 0 Å². The van der Waals surface area contributed by atoms with E-state index in [2.05, 4.69) is 30.5 Å². The first kappa shape index (κ1) is 19.3. The molecule has 0 N–H and O–H groups in total. The van der Waals surface area contributed by atoms with E-state index in [0.717, 1.165) is 47.4 Å². The second kappa shape index (κ2) is 8.03. The Balaban J connectivity index is 2.13. The fraction of sp³-hybridized carbons (Fsp3) is 0.429. The third-order valence-electron chi connectivity index (χ3n) is 4.88. The molecule has 0 amide bonds. The summed E-state index contributed by atoms with van der Waals surface area (Å²) in [6.45, 7) is 5.55. The molecule has 1 aromatic carbocycles. The lowest BCUT2D eigenvalue weighted by Gasteiger charge is -2.12. The maximum absolute atomic E-state index is 12.5. The molecular weight excluding hydrogens is 348 g/mol. The van der Waals surface area contributed by atoms with Crippen LogP contribution in [-0.2, 0) is 6.42 Å². The van der Waals surface area contributed by atoms with Crippen molar-refractivity contribution < 1.29 is 13.5 Å². The number of alkyl halides is 2. The molecule has 0 radical (unpaired) electrons. The van der Waals surface area contributed by atoms with Crippen molar-refractivity contribution >= 4 is 5.65 Å². The average Bonchev–Trinajstić information content (AvgIpc) is 3.00. The summed E-state index contributed by atoms with van der Waals surface area (Å²) in [5, 5.41) is 4.83. The number of aryl methyl sites for hydroxylation is 2. The van der Waals surface area contributed by atoms with Gasteiger partial charge >= 0.3 is 6.61 Å². The molecule has 0 aliphatic rings. The van der Waals surface area contributed by atoms with Gasteiger partial charge in [0.1, 0.15) is 5.75 Å². The van der Waals surface area contributed by atoms with E-state index in [1.54, 1.807) is 24.4 Å². The molecule has 1 atom stereocenters. The Morgan fingerprint density at radius 2 is 1.96 bits per heavy atom. The Morgan fingerprint density at radius 3 is 2.59 bits per heavy atom. The number of ether oxygens (including phenoxy) is 1. The summed E-state index contributed by atoms with van der Waals surface area (Å²) in [6.07, 6.45) is 4.81. The molecule has 6 heteroatoms. The van der Waals surface area contributed by atoms with Crippen LogP contribution in [0.5, 0.6) is 5.75 Å². The van der Waals surface area contributed by atoms with E-state index >= 15 is 0 Å². The predicted octanol–water partition coefficient (Wildman–Crippen LogP) is 5.77. The van der Waals surface area contributed by atoms with E-state index in [-0.39, 0.29) is 5.75 Å². The van der Waals surface area contributed by atoms with E-state index in [1.807, 2.05) is 17.5 Å². The first-order valence-corrected chi connectivity index (χ1v) is 9.38. The average molecular weight is 373 g/mol. The smallest absolute Gasteiger partial charge is 0.387 e. The zero-order valence-electron chi connectivity index (χ0n) is 16.2. The predicted molar refractivity (Wildman–Crippen MR) is 102 cm³/mol. The lowest BCUT2D eigenvalue weighted by Crippen LogP contribution is -2.03. The van der Waals surface area contributed by atoms with Gasteiger partial charge in [-0.05, 0) is 55.5 Å². The number of aromatic nitrogens is 3. The molecule has 27 heavy (non-hydrogen) atoms. The van der Waals surface area contributed by atoms with E-state index in [9.17, 15) is 8.78 Å². The van der Waals surface area contributed by atoms with Gasteiger partial charge in [-0.15, -0.1) is 0 Å². The van der Waals surface area contributed by atoms with Crippen molar-refractivity contribution in [2.24, 2.45) is 0 Å². The Morgan fingerprint density at radius 1 is 1.19 bits per heavy atom. The van der Waals surface area contributed by atoms with Crippen LogP contribution < -0.4 is 4.74 Å². The molecule has 2 aromatic heterocycles. The largest absolute Gasteiger partial charge is 0.435 e. The molecule has 1 unspecified atom stereocenters. The van der Waals surface area contributed by atoms with E-state index in [0.29, 0.717) is 5.92 Å². The minimum atomic E-state index is -2.83. The minimum Gasteiger partial charge on any atom is -0.435 e. The quantitative estimate of drug-likeness (QED) is 0.528. The number of rotatable bonds is 7. The SMILES string of the molecule is CCCC(C)c1c(CC)nn2c(-c3ccc(OC(F)F)cc3C)ccnc12. The van der Waals surface area contributed by atoms with Crippen LogP contribution in [0.1, 0.15) is 56.4 Å². The highest BCUT2D eigenvalue weighted by Gasteiger charge is 2.20. The highest BCUT2D eigenvalue weighted by atomic mass is 19.3. The second-order valence-corrected chi connectivity index (χ2v) is 6.82. The van der Waals surface area contributed by atoms with Crippen LogP contribution in [-0.4, -0.2) is 21.2 Å². The van der Waals surface area contributed by atoms with Crippen molar-refractivity contribution in [3.05, 3.63) is 47.3 Å². The van der Waals surface area contributed by atoms with Crippen molar-refractivity contribution in [1.82, 2.24) is 14.6 Å². The molecular formula is C21H25F2N3O. The van der Waals surface area contributed by atoms with Gasteiger partial charge in [-0.25, -0.2) is 9.50 Å². The number of hydrogen-bond donors (Lipinski definition) is 0. The third-order valence-corrected chi connectivity index (χ3v) is 4.88. The Bertz CT molecular complexity index is 937. The molecule has 0 aliphatic heterocycles. The van der Waals surface area contributed by atoms with Crippen molar-refractivity contribution in [3.8, 4) is 17.0 Å². The van der Waals surface area contributed by atoms with Crippen LogP contribution in [0.4, 0.5) is 8.78 Å². The van der Waals surface area contributed by atoms with Gasteiger partial charge in [0.25, 0.3) is 0 Å². The molecule has 0 bridgehead atoms. The summed E-state index contributed by atoms with van der Waals surface area (Å²) in [4.78, 5) is 4.60. The zero-order chi connectivity index (χ0) is 19.6. The summed E-state index contributed by atoms with van der Waals surface area (Å²) >= 11 is 0. The van der Waals surface area contributed by atoms with Gasteiger partial charge in [0.05, 0.1) is 11.4 Å². The standard InChI is InChI=1S/C21H25F2N3O/c1-5-7-13(3)19-17(6-2)25-26-18(10-11-24-20(19)26)16-9-8-15(12-14(16)4)27-21(22)23/h8-13,21H,5-7H2,1-4H3. The first-order chi connectivity index (χ1) is 13.0. The Labute approximate surface area is 158 Å². The van der Waals surface area contributed by atoms with E-state index in [4.69, 9.17) is 5.10 Å². The van der Waals surface area contributed by atoms with Gasteiger partial charge in [0.2, 0.25) is 0 Å². The van der Waals surface area contributed by atoms with Crippen LogP contribution in [0, 0.1) is 6.92 Å². The third kappa shape index (κ3) is 3.80. The second-order valence-electron chi connectivity index (χ2n) is 6.82.